The Kier molecular flexibility index (Phi) is 12.7. The smallest absolute Gasteiger partial charge is 0.322 e. The van der Waals surface area contributed by atoms with Gasteiger partial charge in [-0.1, -0.05) is 0 Å². The summed E-state index contributed by atoms with van der Waals surface area (Å²) in [7, 11) is 1.21. The number of amides is 5. The number of nitrogens with one attached hydrogen (secondary N) is 3. The van der Waals surface area contributed by atoms with Crippen molar-refractivity contribution in [3.63, 3.8) is 0 Å². The van der Waals surface area contributed by atoms with Gasteiger partial charge in [-0.25, -0.2) is 0 Å². The highest BCUT2D eigenvalue weighted by Gasteiger charge is 2.25. The van der Waals surface area contributed by atoms with Gasteiger partial charge in [-0.2, -0.15) is 10.2 Å². The average Bonchev–Trinajstić information content (AvgIpc) is 3.35. The quantitative estimate of drug-likeness (QED) is 0.0931. The van der Waals surface area contributed by atoms with Gasteiger partial charge >= 0.3 is 5.97 Å². The van der Waals surface area contributed by atoms with Gasteiger partial charge in [-0.15, -0.1) is 0 Å². The fraction of sp³-hybridized carbons (Fsp3) is 0.300. The van der Waals surface area contributed by atoms with Gasteiger partial charge in [0.25, 0.3) is 11.8 Å². The maximum atomic E-state index is 12.2. The summed E-state index contributed by atoms with van der Waals surface area (Å²) in [6.07, 6.45) is 3.89. The lowest BCUT2D eigenvalue weighted by Gasteiger charge is -2.14. The number of nitrogens with two attached hydrogens (primary N) is 1. The molecule has 15 nitrogen and oxygen atoms in total. The van der Waals surface area contributed by atoms with Crippen LogP contribution in [0.15, 0.2) is 70.9 Å². The van der Waals surface area contributed by atoms with Gasteiger partial charge in [-0.05, 0) is 67.8 Å². The van der Waals surface area contributed by atoms with Crippen LogP contribution >= 0.6 is 0 Å². The van der Waals surface area contributed by atoms with Crippen LogP contribution in [0.5, 0.6) is 0 Å². The summed E-state index contributed by atoms with van der Waals surface area (Å²) in [5.41, 5.74) is 7.62. The Labute approximate surface area is 258 Å². The fourth-order valence-corrected chi connectivity index (χ4v) is 4.08. The lowest BCUT2D eigenvalue weighted by molar-refractivity contribution is -0.142. The van der Waals surface area contributed by atoms with Crippen molar-refractivity contribution in [2.24, 2.45) is 21.9 Å². The topological polar surface area (TPSA) is 219 Å². The van der Waals surface area contributed by atoms with Crippen molar-refractivity contribution >= 4 is 64.5 Å². The molecule has 0 fully saturated rings. The van der Waals surface area contributed by atoms with Crippen LogP contribution < -0.4 is 21.7 Å². The van der Waals surface area contributed by atoms with Gasteiger partial charge < -0.3 is 31.2 Å². The number of aldehydes is 1. The molecule has 0 saturated carbocycles. The van der Waals surface area contributed by atoms with Gasteiger partial charge in [0.1, 0.15) is 18.9 Å². The minimum atomic E-state index is -0.908. The zero-order valence-electron chi connectivity index (χ0n) is 24.4. The highest BCUT2D eigenvalue weighted by Crippen LogP contribution is 2.22. The Morgan fingerprint density at radius 1 is 0.867 bits per heavy atom. The van der Waals surface area contributed by atoms with Gasteiger partial charge in [0.15, 0.2) is 0 Å². The number of methoxy groups -OCH3 is 1. The highest BCUT2D eigenvalue weighted by atomic mass is 16.5. The first kappa shape index (κ1) is 33.9. The number of carbonyl (C=O) groups is 7. The predicted octanol–water partition coefficient (Wildman–Crippen LogP) is 1.90. The zero-order valence-corrected chi connectivity index (χ0v) is 24.4. The van der Waals surface area contributed by atoms with E-state index in [1.807, 2.05) is 0 Å². The molecule has 2 atom stereocenters. The number of rotatable bonds is 16. The normalized spacial score (nSPS) is 13.8. The van der Waals surface area contributed by atoms with E-state index in [2.05, 4.69) is 30.9 Å². The predicted molar refractivity (Wildman–Crippen MR) is 161 cm³/mol. The Hall–Kier alpha value is -5.57. The standard InChI is InChI=1S/C30H33N7O8/c1-45-30(44)24(31)15-19(18-38)3-2-4-25(39)32-16-26(40)33-20-5-9-22(10-6-20)35-36-23-11-7-21(8-12-23)34-27(41)17-37-28(42)13-14-29(37)43/h5-14,18-19,24H,2-4,15-17,31H2,1H3,(H,32,39)(H,33,40)(H,34,41)/t19-,24+/m1/s1. The van der Waals surface area contributed by atoms with Crippen LogP contribution in [0.25, 0.3) is 0 Å². The first-order valence-corrected chi connectivity index (χ1v) is 13.9. The lowest BCUT2D eigenvalue weighted by atomic mass is 9.96. The van der Waals surface area contributed by atoms with Gasteiger partial charge in [0.2, 0.25) is 17.7 Å². The van der Waals surface area contributed by atoms with Crippen molar-refractivity contribution in [3.8, 4) is 0 Å². The van der Waals surface area contributed by atoms with Crippen LogP contribution in [0.1, 0.15) is 25.7 Å². The molecule has 1 aliphatic rings. The van der Waals surface area contributed by atoms with Crippen LogP contribution in [-0.2, 0) is 38.3 Å². The summed E-state index contributed by atoms with van der Waals surface area (Å²) in [5, 5.41) is 16.0. The summed E-state index contributed by atoms with van der Waals surface area (Å²) >= 11 is 0. The van der Waals surface area contributed by atoms with Crippen LogP contribution in [0.4, 0.5) is 22.7 Å². The third-order valence-electron chi connectivity index (χ3n) is 6.46. The number of hydrogen-bond acceptors (Lipinski definition) is 11. The first-order chi connectivity index (χ1) is 21.6. The number of carbonyl (C=O) groups excluding carboxylic acids is 7. The fourth-order valence-electron chi connectivity index (χ4n) is 4.08. The maximum Gasteiger partial charge on any atom is 0.322 e. The van der Waals surface area contributed by atoms with Gasteiger partial charge in [0.05, 0.1) is 25.0 Å². The molecule has 0 aliphatic carbocycles. The molecular weight excluding hydrogens is 586 g/mol. The third-order valence-corrected chi connectivity index (χ3v) is 6.46. The van der Waals surface area contributed by atoms with Gasteiger partial charge in [0, 0.05) is 35.9 Å². The number of anilines is 2. The molecule has 1 aliphatic heterocycles. The molecule has 45 heavy (non-hydrogen) atoms. The second kappa shape index (κ2) is 16.9. The molecule has 1 heterocycles. The molecule has 0 unspecified atom stereocenters. The van der Waals surface area contributed by atoms with E-state index in [1.165, 1.54) is 7.11 Å². The number of imide groups is 1. The molecular formula is C30H33N7O8. The minimum Gasteiger partial charge on any atom is -0.468 e. The SMILES string of the molecule is COC(=O)[C@@H](N)C[C@H](C=O)CCCC(=O)NCC(=O)Nc1ccc(N=Nc2ccc(NC(=O)CN3C(=O)C=CC3=O)cc2)cc1. The molecule has 0 bridgehead atoms. The van der Waals surface area contributed by atoms with Crippen LogP contribution in [0.2, 0.25) is 0 Å². The van der Waals surface area contributed by atoms with Crippen molar-refractivity contribution < 1.29 is 38.3 Å². The first-order valence-electron chi connectivity index (χ1n) is 13.9. The monoisotopic (exact) mass is 619 g/mol. The lowest BCUT2D eigenvalue weighted by Crippen LogP contribution is -2.37. The summed E-state index contributed by atoms with van der Waals surface area (Å²) in [5.74, 6) is -3.48. The molecule has 0 spiro atoms. The highest BCUT2D eigenvalue weighted by molar-refractivity contribution is 6.15. The van der Waals surface area contributed by atoms with Crippen molar-refractivity contribution in [2.75, 3.05) is 30.8 Å². The van der Waals surface area contributed by atoms with E-state index in [0.29, 0.717) is 41.9 Å². The number of azo groups is 1. The molecule has 0 radical (unpaired) electrons. The Morgan fingerprint density at radius 2 is 1.40 bits per heavy atom. The van der Waals surface area contributed by atoms with Crippen molar-refractivity contribution in [1.82, 2.24) is 10.2 Å². The molecule has 0 saturated heterocycles. The summed E-state index contributed by atoms with van der Waals surface area (Å²) in [4.78, 5) is 83.1. The summed E-state index contributed by atoms with van der Waals surface area (Å²) in [6, 6.07) is 12.0. The van der Waals surface area contributed by atoms with E-state index in [-0.39, 0.29) is 31.8 Å². The van der Waals surface area contributed by atoms with Crippen LogP contribution in [0, 0.1) is 5.92 Å². The van der Waals surface area contributed by atoms with Crippen LogP contribution in [-0.4, -0.2) is 72.9 Å². The van der Waals surface area contributed by atoms with Crippen LogP contribution in [0.3, 0.4) is 0 Å². The summed E-state index contributed by atoms with van der Waals surface area (Å²) < 4.78 is 4.54. The van der Waals surface area contributed by atoms with Crippen molar-refractivity contribution in [3.05, 3.63) is 60.7 Å². The van der Waals surface area contributed by atoms with Crippen molar-refractivity contribution in [1.29, 1.82) is 0 Å². The number of hydrogen-bond donors (Lipinski definition) is 4. The average molecular weight is 620 g/mol. The molecule has 15 heteroatoms. The maximum absolute atomic E-state index is 12.2. The second-order valence-electron chi connectivity index (χ2n) is 9.92. The molecule has 5 N–H and O–H groups in total. The minimum absolute atomic E-state index is 0.100. The molecule has 3 rings (SSSR count). The number of esters is 1. The van der Waals surface area contributed by atoms with Gasteiger partial charge in [-0.3, -0.25) is 33.7 Å². The van der Waals surface area contributed by atoms with Crippen molar-refractivity contribution in [2.45, 2.75) is 31.7 Å². The molecule has 2 aromatic carbocycles. The van der Waals surface area contributed by atoms with E-state index in [4.69, 9.17) is 5.73 Å². The number of nitrogens with zero attached hydrogens (tertiary/aromatic N) is 3. The third kappa shape index (κ3) is 11.2. The van der Waals surface area contributed by atoms with E-state index >= 15 is 0 Å². The molecule has 5 amide bonds. The molecule has 236 valence electrons. The van der Waals surface area contributed by atoms with E-state index in [0.717, 1.165) is 17.1 Å². The molecule has 2 aromatic rings. The van der Waals surface area contributed by atoms with E-state index in [1.54, 1.807) is 48.5 Å². The van der Waals surface area contributed by atoms with E-state index in [9.17, 15) is 33.6 Å². The zero-order chi connectivity index (χ0) is 32.8. The van der Waals surface area contributed by atoms with E-state index < -0.39 is 41.6 Å². The Balaban J connectivity index is 1.36. The number of benzene rings is 2. The largest absolute Gasteiger partial charge is 0.468 e. The molecule has 0 aromatic heterocycles. The Morgan fingerprint density at radius 3 is 1.91 bits per heavy atom. The summed E-state index contributed by atoms with van der Waals surface area (Å²) in [6.45, 7) is -0.633. The second-order valence-corrected chi connectivity index (χ2v) is 9.92. The Bertz CT molecular complexity index is 1450. The number of ether oxygens (including phenoxy) is 1.